The first-order valence-electron chi connectivity index (χ1n) is 7.56. The van der Waals surface area contributed by atoms with Crippen molar-refractivity contribution in [2.24, 2.45) is 0 Å². The summed E-state index contributed by atoms with van der Waals surface area (Å²) in [5.41, 5.74) is 0.494. The second-order valence-electron chi connectivity index (χ2n) is 5.34. The average molecular weight is 308 g/mol. The predicted molar refractivity (Wildman–Crippen MR) is 80.9 cm³/mol. The Morgan fingerprint density at radius 3 is 2.32 bits per heavy atom. The lowest BCUT2D eigenvalue weighted by Crippen LogP contribution is -2.35. The minimum atomic E-state index is -0.365. The van der Waals surface area contributed by atoms with Crippen molar-refractivity contribution >= 4 is 17.5 Å². The molecule has 2 rings (SSSR count). The lowest BCUT2D eigenvalue weighted by atomic mass is 10.2. The van der Waals surface area contributed by atoms with Gasteiger partial charge in [0.15, 0.2) is 0 Å². The molecule has 0 aromatic heterocycles. The van der Waals surface area contributed by atoms with Crippen molar-refractivity contribution in [2.75, 3.05) is 31.6 Å². The van der Waals surface area contributed by atoms with Crippen LogP contribution in [0.2, 0.25) is 0 Å². The molecule has 1 N–H and O–H groups in total. The minimum Gasteiger partial charge on any atom is -0.362 e. The summed E-state index contributed by atoms with van der Waals surface area (Å²) in [7, 11) is 0. The van der Waals surface area contributed by atoms with Crippen LogP contribution < -0.4 is 5.32 Å². The van der Waals surface area contributed by atoms with E-state index in [0.717, 1.165) is 38.8 Å². The molecule has 0 radical (unpaired) electrons. The fourth-order valence-corrected chi connectivity index (χ4v) is 2.37. The third kappa shape index (κ3) is 5.44. The standard InChI is InChI=1S/C16H21FN2O3/c17-13-5-7-14(8-6-13)18-15(20)11-22-12-16(21)19-9-3-1-2-4-10-19/h5-8H,1-4,9-12H2,(H,18,20). The molecule has 1 aliphatic heterocycles. The number of anilines is 1. The molecule has 1 aliphatic rings. The van der Waals surface area contributed by atoms with Gasteiger partial charge in [-0.2, -0.15) is 0 Å². The van der Waals surface area contributed by atoms with Crippen LogP contribution in [0, 0.1) is 5.82 Å². The van der Waals surface area contributed by atoms with E-state index in [9.17, 15) is 14.0 Å². The highest BCUT2D eigenvalue weighted by molar-refractivity contribution is 5.91. The zero-order valence-electron chi connectivity index (χ0n) is 12.5. The van der Waals surface area contributed by atoms with Crippen LogP contribution in [0.5, 0.6) is 0 Å². The van der Waals surface area contributed by atoms with Crippen LogP contribution in [0.1, 0.15) is 25.7 Å². The number of nitrogens with one attached hydrogen (secondary N) is 1. The first-order valence-corrected chi connectivity index (χ1v) is 7.56. The number of rotatable bonds is 5. The van der Waals surface area contributed by atoms with E-state index < -0.39 is 0 Å². The van der Waals surface area contributed by atoms with E-state index in [2.05, 4.69) is 5.32 Å². The third-order valence-corrected chi connectivity index (χ3v) is 3.55. The molecule has 0 unspecified atom stereocenters. The van der Waals surface area contributed by atoms with Gasteiger partial charge in [-0.25, -0.2) is 4.39 Å². The fourth-order valence-electron chi connectivity index (χ4n) is 2.37. The molecule has 22 heavy (non-hydrogen) atoms. The van der Waals surface area contributed by atoms with Gasteiger partial charge in [-0.05, 0) is 37.1 Å². The first-order chi connectivity index (χ1) is 10.6. The molecule has 0 atom stereocenters. The highest BCUT2D eigenvalue weighted by Crippen LogP contribution is 2.10. The smallest absolute Gasteiger partial charge is 0.250 e. The summed E-state index contributed by atoms with van der Waals surface area (Å²) in [6.45, 7) is 1.25. The van der Waals surface area contributed by atoms with Crippen molar-refractivity contribution in [3.8, 4) is 0 Å². The van der Waals surface area contributed by atoms with E-state index in [-0.39, 0.29) is 30.8 Å². The number of halogens is 1. The Kier molecular flexibility index (Phi) is 6.33. The molecule has 0 aliphatic carbocycles. The Balaban J connectivity index is 1.67. The summed E-state index contributed by atoms with van der Waals surface area (Å²) in [6, 6.07) is 5.46. The fraction of sp³-hybridized carbons (Fsp3) is 0.500. The van der Waals surface area contributed by atoms with Crippen LogP contribution in [-0.4, -0.2) is 43.0 Å². The van der Waals surface area contributed by atoms with Gasteiger partial charge in [0, 0.05) is 18.8 Å². The maximum atomic E-state index is 12.7. The number of benzene rings is 1. The Labute approximate surface area is 129 Å². The number of carbonyl (C=O) groups excluding carboxylic acids is 2. The number of amides is 2. The number of hydrogen-bond acceptors (Lipinski definition) is 3. The summed E-state index contributed by atoms with van der Waals surface area (Å²) in [5.74, 6) is -0.802. The largest absolute Gasteiger partial charge is 0.362 e. The molecule has 1 fully saturated rings. The molecule has 5 nitrogen and oxygen atoms in total. The Hall–Kier alpha value is -1.95. The molecule has 1 saturated heterocycles. The van der Waals surface area contributed by atoms with Gasteiger partial charge in [-0.1, -0.05) is 12.8 Å². The van der Waals surface area contributed by atoms with Crippen molar-refractivity contribution in [3.63, 3.8) is 0 Å². The summed E-state index contributed by atoms with van der Waals surface area (Å²) >= 11 is 0. The lowest BCUT2D eigenvalue weighted by Gasteiger charge is -2.20. The summed E-state index contributed by atoms with van der Waals surface area (Å²) in [5, 5.41) is 2.58. The topological polar surface area (TPSA) is 58.6 Å². The number of nitrogens with zero attached hydrogens (tertiary/aromatic N) is 1. The molecular formula is C16H21FN2O3. The van der Waals surface area contributed by atoms with Crippen LogP contribution in [0.15, 0.2) is 24.3 Å². The summed E-state index contributed by atoms with van der Waals surface area (Å²) < 4.78 is 17.9. The molecule has 120 valence electrons. The molecule has 6 heteroatoms. The number of likely N-dealkylation sites (tertiary alicyclic amines) is 1. The number of hydrogen-bond donors (Lipinski definition) is 1. The van der Waals surface area contributed by atoms with Crippen LogP contribution >= 0.6 is 0 Å². The number of carbonyl (C=O) groups is 2. The Morgan fingerprint density at radius 2 is 1.68 bits per heavy atom. The van der Waals surface area contributed by atoms with Crippen molar-refractivity contribution in [1.29, 1.82) is 0 Å². The molecule has 0 saturated carbocycles. The second kappa shape index (κ2) is 8.48. The Bertz CT molecular complexity index is 497. The van der Waals surface area contributed by atoms with E-state index in [1.807, 2.05) is 0 Å². The van der Waals surface area contributed by atoms with Crippen LogP contribution in [0.25, 0.3) is 0 Å². The van der Waals surface area contributed by atoms with Gasteiger partial charge in [0.05, 0.1) is 0 Å². The van der Waals surface area contributed by atoms with Crippen molar-refractivity contribution in [3.05, 3.63) is 30.1 Å². The van der Waals surface area contributed by atoms with Gasteiger partial charge < -0.3 is 15.0 Å². The zero-order valence-corrected chi connectivity index (χ0v) is 12.5. The highest BCUT2D eigenvalue weighted by Gasteiger charge is 2.15. The Morgan fingerprint density at radius 1 is 1.05 bits per heavy atom. The van der Waals surface area contributed by atoms with Gasteiger partial charge in [0.25, 0.3) is 0 Å². The second-order valence-corrected chi connectivity index (χ2v) is 5.34. The van der Waals surface area contributed by atoms with Gasteiger partial charge >= 0.3 is 0 Å². The van der Waals surface area contributed by atoms with Crippen LogP contribution in [0.3, 0.4) is 0 Å². The number of ether oxygens (including phenoxy) is 1. The average Bonchev–Trinajstić information content (AvgIpc) is 2.79. The van der Waals surface area contributed by atoms with Gasteiger partial charge in [0.2, 0.25) is 11.8 Å². The minimum absolute atomic E-state index is 0.0727. The maximum Gasteiger partial charge on any atom is 0.250 e. The highest BCUT2D eigenvalue weighted by atomic mass is 19.1. The maximum absolute atomic E-state index is 12.7. The lowest BCUT2D eigenvalue weighted by molar-refractivity contribution is -0.137. The van der Waals surface area contributed by atoms with Gasteiger partial charge in [-0.3, -0.25) is 9.59 Å². The normalized spacial score (nSPS) is 15.2. The van der Waals surface area contributed by atoms with E-state index in [4.69, 9.17) is 4.74 Å². The van der Waals surface area contributed by atoms with Gasteiger partial charge in [0.1, 0.15) is 19.0 Å². The molecule has 1 heterocycles. The van der Waals surface area contributed by atoms with Crippen molar-refractivity contribution < 1.29 is 18.7 Å². The van der Waals surface area contributed by atoms with Crippen molar-refractivity contribution in [1.82, 2.24) is 4.90 Å². The molecule has 0 spiro atoms. The van der Waals surface area contributed by atoms with E-state index >= 15 is 0 Å². The molecular weight excluding hydrogens is 287 g/mol. The predicted octanol–water partition coefficient (Wildman–Crippen LogP) is 2.18. The quantitative estimate of drug-likeness (QED) is 0.907. The van der Waals surface area contributed by atoms with E-state index in [1.165, 1.54) is 24.3 Å². The monoisotopic (exact) mass is 308 g/mol. The SMILES string of the molecule is O=C(COCC(=O)N1CCCCCC1)Nc1ccc(F)cc1. The molecule has 1 aromatic rings. The van der Waals surface area contributed by atoms with E-state index in [1.54, 1.807) is 4.90 Å². The third-order valence-electron chi connectivity index (χ3n) is 3.55. The molecule has 0 bridgehead atoms. The van der Waals surface area contributed by atoms with Crippen LogP contribution in [-0.2, 0) is 14.3 Å². The summed E-state index contributed by atoms with van der Waals surface area (Å²) in [4.78, 5) is 25.4. The van der Waals surface area contributed by atoms with E-state index in [0.29, 0.717) is 5.69 Å². The van der Waals surface area contributed by atoms with Crippen LogP contribution in [0.4, 0.5) is 10.1 Å². The van der Waals surface area contributed by atoms with Crippen molar-refractivity contribution in [2.45, 2.75) is 25.7 Å². The first kappa shape index (κ1) is 16.4. The summed E-state index contributed by atoms with van der Waals surface area (Å²) in [6.07, 6.45) is 4.36. The molecule has 2 amide bonds. The zero-order chi connectivity index (χ0) is 15.8. The van der Waals surface area contributed by atoms with Gasteiger partial charge in [-0.15, -0.1) is 0 Å². The molecule has 1 aromatic carbocycles.